The molecular formula is C22H28N4O3. The fourth-order valence-corrected chi connectivity index (χ4v) is 3.18. The first-order chi connectivity index (χ1) is 14.1. The monoisotopic (exact) mass is 396 g/mol. The van der Waals surface area contributed by atoms with E-state index in [1.165, 1.54) is 0 Å². The molecule has 0 aliphatic carbocycles. The maximum absolute atomic E-state index is 11.8. The normalized spacial score (nSPS) is 15.1. The van der Waals surface area contributed by atoms with Crippen molar-refractivity contribution in [2.75, 3.05) is 19.7 Å². The largest absolute Gasteiger partial charge is 0.457 e. The van der Waals surface area contributed by atoms with Gasteiger partial charge in [0.2, 0.25) is 0 Å². The molecule has 0 saturated carbocycles. The van der Waals surface area contributed by atoms with Gasteiger partial charge in [0.25, 0.3) is 0 Å². The minimum atomic E-state index is -0.245. The zero-order chi connectivity index (χ0) is 20.5. The van der Waals surface area contributed by atoms with Gasteiger partial charge in [0.05, 0.1) is 13.2 Å². The highest BCUT2D eigenvalue weighted by atomic mass is 16.6. The van der Waals surface area contributed by atoms with Crippen molar-refractivity contribution < 1.29 is 14.3 Å². The van der Waals surface area contributed by atoms with E-state index in [-0.39, 0.29) is 12.1 Å². The van der Waals surface area contributed by atoms with Crippen LogP contribution in [-0.4, -0.2) is 42.7 Å². The molecule has 154 valence electrons. The molecule has 7 nitrogen and oxygen atoms in total. The standard InChI is InChI=1S/C22H28N4O3/c1-2-28-22(27)26-13-11-18(12-14-26)25-21(23)24-16-17-7-6-10-20(15-17)29-19-8-4-3-5-9-19/h3-10,15,18H,2,11-14,16H2,1H3,(H3,23,24,25). The van der Waals surface area contributed by atoms with Crippen LogP contribution in [0.5, 0.6) is 11.5 Å². The van der Waals surface area contributed by atoms with E-state index in [1.807, 2.05) is 61.5 Å². The van der Waals surface area contributed by atoms with E-state index in [2.05, 4.69) is 10.3 Å². The molecule has 0 spiro atoms. The highest BCUT2D eigenvalue weighted by Crippen LogP contribution is 2.22. The van der Waals surface area contributed by atoms with Crippen LogP contribution in [0.3, 0.4) is 0 Å². The fraction of sp³-hybridized carbons (Fsp3) is 0.364. The third kappa shape index (κ3) is 6.41. The minimum absolute atomic E-state index is 0.206. The second kappa shape index (κ2) is 10.4. The molecule has 1 fully saturated rings. The maximum Gasteiger partial charge on any atom is 0.409 e. The Kier molecular flexibility index (Phi) is 7.33. The molecule has 1 aliphatic rings. The van der Waals surface area contributed by atoms with Crippen molar-refractivity contribution in [2.24, 2.45) is 10.7 Å². The van der Waals surface area contributed by atoms with Gasteiger partial charge in [0.1, 0.15) is 11.5 Å². The summed E-state index contributed by atoms with van der Waals surface area (Å²) in [6.07, 6.45) is 1.38. The van der Waals surface area contributed by atoms with Crippen molar-refractivity contribution in [1.82, 2.24) is 10.2 Å². The van der Waals surface area contributed by atoms with Gasteiger partial charge < -0.3 is 25.4 Å². The van der Waals surface area contributed by atoms with Crippen LogP contribution in [0, 0.1) is 0 Å². The molecule has 1 aliphatic heterocycles. The van der Waals surface area contributed by atoms with Crippen LogP contribution < -0.4 is 15.8 Å². The Hall–Kier alpha value is -3.22. The summed E-state index contributed by atoms with van der Waals surface area (Å²) in [5, 5.41) is 3.25. The Morgan fingerprint density at radius 3 is 2.59 bits per heavy atom. The van der Waals surface area contributed by atoms with Gasteiger partial charge >= 0.3 is 6.09 Å². The van der Waals surface area contributed by atoms with Crippen LogP contribution >= 0.6 is 0 Å². The first-order valence-corrected chi connectivity index (χ1v) is 9.94. The molecule has 0 unspecified atom stereocenters. The Morgan fingerprint density at radius 1 is 1.14 bits per heavy atom. The molecule has 3 rings (SSSR count). The average molecular weight is 396 g/mol. The number of rotatable bonds is 6. The van der Waals surface area contributed by atoms with Crippen molar-refractivity contribution in [1.29, 1.82) is 0 Å². The van der Waals surface area contributed by atoms with Gasteiger partial charge in [-0.1, -0.05) is 30.3 Å². The zero-order valence-electron chi connectivity index (χ0n) is 16.7. The van der Waals surface area contributed by atoms with Crippen molar-refractivity contribution in [3.63, 3.8) is 0 Å². The topological polar surface area (TPSA) is 89.2 Å². The van der Waals surface area contributed by atoms with E-state index in [0.29, 0.717) is 32.2 Å². The molecule has 0 atom stereocenters. The van der Waals surface area contributed by atoms with Gasteiger partial charge in [0.15, 0.2) is 5.96 Å². The highest BCUT2D eigenvalue weighted by molar-refractivity contribution is 5.78. The van der Waals surface area contributed by atoms with Crippen molar-refractivity contribution in [3.8, 4) is 11.5 Å². The molecule has 1 saturated heterocycles. The van der Waals surface area contributed by atoms with Crippen LogP contribution in [0.1, 0.15) is 25.3 Å². The molecule has 0 radical (unpaired) electrons. The lowest BCUT2D eigenvalue weighted by Crippen LogP contribution is -2.48. The van der Waals surface area contributed by atoms with E-state index in [1.54, 1.807) is 4.90 Å². The number of nitrogens with one attached hydrogen (secondary N) is 1. The molecule has 7 heteroatoms. The molecule has 2 aromatic carbocycles. The number of hydrogen-bond donors (Lipinski definition) is 2. The molecule has 2 aromatic rings. The predicted molar refractivity (Wildman–Crippen MR) is 113 cm³/mol. The summed E-state index contributed by atoms with van der Waals surface area (Å²) < 4.78 is 10.9. The number of ether oxygens (including phenoxy) is 2. The third-order valence-corrected chi connectivity index (χ3v) is 4.68. The summed E-state index contributed by atoms with van der Waals surface area (Å²) in [6, 6.07) is 17.7. The predicted octanol–water partition coefficient (Wildman–Crippen LogP) is 3.50. The molecule has 0 aromatic heterocycles. The lowest BCUT2D eigenvalue weighted by Gasteiger charge is -2.31. The maximum atomic E-state index is 11.8. The lowest BCUT2D eigenvalue weighted by molar-refractivity contribution is 0.0963. The van der Waals surface area contributed by atoms with Crippen LogP contribution in [0.4, 0.5) is 4.79 Å². The van der Waals surface area contributed by atoms with E-state index < -0.39 is 0 Å². The van der Waals surface area contributed by atoms with Crippen molar-refractivity contribution in [2.45, 2.75) is 32.4 Å². The Balaban J connectivity index is 1.48. The number of benzene rings is 2. The van der Waals surface area contributed by atoms with E-state index in [0.717, 1.165) is 29.9 Å². The number of amides is 1. The fourth-order valence-electron chi connectivity index (χ4n) is 3.18. The Morgan fingerprint density at radius 2 is 1.86 bits per heavy atom. The Labute approximate surface area is 171 Å². The number of likely N-dealkylation sites (tertiary alicyclic amines) is 1. The van der Waals surface area contributed by atoms with E-state index >= 15 is 0 Å². The zero-order valence-corrected chi connectivity index (χ0v) is 16.7. The van der Waals surface area contributed by atoms with Gasteiger partial charge in [0, 0.05) is 19.1 Å². The summed E-state index contributed by atoms with van der Waals surface area (Å²) in [6.45, 7) is 3.98. The number of aliphatic imine (C=N–C) groups is 1. The lowest BCUT2D eigenvalue weighted by atomic mass is 10.1. The molecule has 1 heterocycles. The molecular weight excluding hydrogens is 368 g/mol. The highest BCUT2D eigenvalue weighted by Gasteiger charge is 2.23. The number of guanidine groups is 1. The first kappa shape index (κ1) is 20.5. The van der Waals surface area contributed by atoms with Crippen LogP contribution in [0.25, 0.3) is 0 Å². The number of carbonyl (C=O) groups is 1. The third-order valence-electron chi connectivity index (χ3n) is 4.68. The quantitative estimate of drug-likeness (QED) is 0.576. The number of hydrogen-bond acceptors (Lipinski definition) is 4. The van der Waals surface area contributed by atoms with Crippen LogP contribution in [0.15, 0.2) is 59.6 Å². The van der Waals surface area contributed by atoms with Crippen molar-refractivity contribution in [3.05, 3.63) is 60.2 Å². The summed E-state index contributed by atoms with van der Waals surface area (Å²) in [4.78, 5) is 17.9. The summed E-state index contributed by atoms with van der Waals surface area (Å²) >= 11 is 0. The minimum Gasteiger partial charge on any atom is -0.457 e. The van der Waals surface area contributed by atoms with Gasteiger partial charge in [-0.3, -0.25) is 0 Å². The SMILES string of the molecule is CCOC(=O)N1CCC(NC(N)=NCc2cccc(Oc3ccccc3)c2)CC1. The second-order valence-electron chi connectivity index (χ2n) is 6.87. The number of nitrogens with two attached hydrogens (primary N) is 1. The number of piperidine rings is 1. The summed E-state index contributed by atoms with van der Waals surface area (Å²) in [5.74, 6) is 1.97. The number of carbonyl (C=O) groups excluding carboxylic acids is 1. The summed E-state index contributed by atoms with van der Waals surface area (Å²) in [5.41, 5.74) is 7.07. The summed E-state index contributed by atoms with van der Waals surface area (Å²) in [7, 11) is 0. The van der Waals surface area contributed by atoms with Gasteiger partial charge in [-0.2, -0.15) is 0 Å². The van der Waals surface area contributed by atoms with Gasteiger partial charge in [-0.25, -0.2) is 9.79 Å². The number of para-hydroxylation sites is 1. The van der Waals surface area contributed by atoms with Crippen molar-refractivity contribution >= 4 is 12.1 Å². The molecule has 3 N–H and O–H groups in total. The van der Waals surface area contributed by atoms with Gasteiger partial charge in [-0.05, 0) is 49.6 Å². The average Bonchev–Trinajstić information content (AvgIpc) is 2.74. The molecule has 0 bridgehead atoms. The molecule has 1 amide bonds. The van der Waals surface area contributed by atoms with Crippen LogP contribution in [0.2, 0.25) is 0 Å². The second-order valence-corrected chi connectivity index (χ2v) is 6.87. The molecule has 29 heavy (non-hydrogen) atoms. The van der Waals surface area contributed by atoms with Gasteiger partial charge in [-0.15, -0.1) is 0 Å². The van der Waals surface area contributed by atoms with Crippen LogP contribution in [-0.2, 0) is 11.3 Å². The first-order valence-electron chi connectivity index (χ1n) is 9.94. The van der Waals surface area contributed by atoms with E-state index in [4.69, 9.17) is 15.2 Å². The number of nitrogens with zero attached hydrogens (tertiary/aromatic N) is 2. The Bertz CT molecular complexity index is 818. The smallest absolute Gasteiger partial charge is 0.409 e. The van der Waals surface area contributed by atoms with E-state index in [9.17, 15) is 4.79 Å².